The van der Waals surface area contributed by atoms with Gasteiger partial charge in [-0.15, -0.1) is 0 Å². The third-order valence-corrected chi connectivity index (χ3v) is 3.08. The molecule has 0 fully saturated rings. The summed E-state index contributed by atoms with van der Waals surface area (Å²) >= 11 is 5.81. The molecule has 0 aliphatic carbocycles. The molecule has 0 heterocycles. The van der Waals surface area contributed by atoms with E-state index < -0.39 is 18.1 Å². The number of halogens is 1. The zero-order valence-corrected chi connectivity index (χ0v) is 12.6. The van der Waals surface area contributed by atoms with Crippen molar-refractivity contribution < 1.29 is 14.7 Å². The largest absolute Gasteiger partial charge is 0.480 e. The van der Waals surface area contributed by atoms with Gasteiger partial charge >= 0.3 is 5.97 Å². The van der Waals surface area contributed by atoms with Gasteiger partial charge in [0, 0.05) is 10.7 Å². The minimum Gasteiger partial charge on any atom is -0.480 e. The number of benzene rings is 1. The van der Waals surface area contributed by atoms with Gasteiger partial charge in [0.2, 0.25) is 5.91 Å². The number of rotatable bonds is 6. The zero-order chi connectivity index (χ0) is 15.3. The molecule has 5 nitrogen and oxygen atoms in total. The summed E-state index contributed by atoms with van der Waals surface area (Å²) in [6.07, 6.45) is 0. The smallest absolute Gasteiger partial charge is 0.323 e. The van der Waals surface area contributed by atoms with Crippen molar-refractivity contribution in [1.82, 2.24) is 5.32 Å². The first-order chi connectivity index (χ1) is 9.27. The van der Waals surface area contributed by atoms with E-state index >= 15 is 0 Å². The van der Waals surface area contributed by atoms with Gasteiger partial charge in [-0.25, -0.2) is 0 Å². The van der Waals surface area contributed by atoms with Gasteiger partial charge in [0.25, 0.3) is 0 Å². The second kappa shape index (κ2) is 6.72. The highest BCUT2D eigenvalue weighted by Gasteiger charge is 2.32. The van der Waals surface area contributed by atoms with Crippen LogP contribution in [0.1, 0.15) is 20.8 Å². The average Bonchev–Trinajstić information content (AvgIpc) is 2.36. The number of likely N-dealkylation sites (N-methyl/N-ethyl adjacent to an activating group) is 1. The van der Waals surface area contributed by atoms with Gasteiger partial charge in [-0.2, -0.15) is 0 Å². The van der Waals surface area contributed by atoms with Crippen LogP contribution in [-0.4, -0.2) is 35.6 Å². The summed E-state index contributed by atoms with van der Waals surface area (Å²) in [6, 6.07) is 6.51. The third-order valence-electron chi connectivity index (χ3n) is 2.83. The number of nitrogens with one attached hydrogen (secondary N) is 1. The van der Waals surface area contributed by atoms with Crippen molar-refractivity contribution in [2.45, 2.75) is 26.3 Å². The van der Waals surface area contributed by atoms with Gasteiger partial charge in [0.05, 0.1) is 5.54 Å². The van der Waals surface area contributed by atoms with E-state index in [-0.39, 0.29) is 5.91 Å². The maximum atomic E-state index is 12.5. The number of carboxylic acids is 1. The van der Waals surface area contributed by atoms with Gasteiger partial charge < -0.3 is 10.4 Å². The Bertz CT molecular complexity index is 486. The molecule has 1 aromatic carbocycles. The summed E-state index contributed by atoms with van der Waals surface area (Å²) in [5.41, 5.74) is -0.336. The number of hydrogen-bond acceptors (Lipinski definition) is 3. The van der Waals surface area contributed by atoms with Gasteiger partial charge in [0.15, 0.2) is 0 Å². The Morgan fingerprint density at radius 3 is 2.30 bits per heavy atom. The van der Waals surface area contributed by atoms with E-state index in [9.17, 15) is 9.59 Å². The van der Waals surface area contributed by atoms with Crippen molar-refractivity contribution in [1.29, 1.82) is 0 Å². The molecule has 1 aromatic rings. The van der Waals surface area contributed by atoms with Crippen LogP contribution in [0.25, 0.3) is 0 Å². The molecule has 0 aromatic heterocycles. The zero-order valence-electron chi connectivity index (χ0n) is 11.8. The SMILES string of the molecule is CCNC(C)(C)C(=O)N(CC(=O)O)c1ccc(Cl)cc1. The van der Waals surface area contributed by atoms with Crippen LogP contribution in [0.4, 0.5) is 5.69 Å². The van der Waals surface area contributed by atoms with Crippen LogP contribution in [0.2, 0.25) is 5.02 Å². The van der Waals surface area contributed by atoms with Crippen LogP contribution in [0, 0.1) is 0 Å². The van der Waals surface area contributed by atoms with E-state index in [4.69, 9.17) is 16.7 Å². The molecule has 0 bridgehead atoms. The van der Waals surface area contributed by atoms with Crippen LogP contribution < -0.4 is 10.2 Å². The number of carbonyl (C=O) groups is 2. The number of carbonyl (C=O) groups excluding carboxylic acids is 1. The normalized spacial score (nSPS) is 11.2. The first-order valence-electron chi connectivity index (χ1n) is 6.32. The van der Waals surface area contributed by atoms with E-state index in [2.05, 4.69) is 5.32 Å². The van der Waals surface area contributed by atoms with Gasteiger partial charge in [-0.3, -0.25) is 14.5 Å². The molecule has 0 radical (unpaired) electrons. The van der Waals surface area contributed by atoms with Gasteiger partial charge in [-0.1, -0.05) is 18.5 Å². The van der Waals surface area contributed by atoms with Crippen molar-refractivity contribution in [2.24, 2.45) is 0 Å². The number of anilines is 1. The fourth-order valence-electron chi connectivity index (χ4n) is 1.89. The second-order valence-corrected chi connectivity index (χ2v) is 5.35. The number of aliphatic carboxylic acids is 1. The Kier molecular flexibility index (Phi) is 5.53. The highest BCUT2D eigenvalue weighted by molar-refractivity contribution is 6.30. The number of amides is 1. The Morgan fingerprint density at radius 2 is 1.85 bits per heavy atom. The maximum absolute atomic E-state index is 12.5. The lowest BCUT2D eigenvalue weighted by molar-refractivity contribution is -0.137. The van der Waals surface area contributed by atoms with Crippen molar-refractivity contribution in [2.75, 3.05) is 18.0 Å². The molecule has 0 atom stereocenters. The standard InChI is InChI=1S/C14H19ClN2O3/c1-4-16-14(2,3)13(20)17(9-12(18)19)11-7-5-10(15)6-8-11/h5-8,16H,4,9H2,1-3H3,(H,18,19). The molecule has 2 N–H and O–H groups in total. The fraction of sp³-hybridized carbons (Fsp3) is 0.429. The Hall–Kier alpha value is -1.59. The summed E-state index contributed by atoms with van der Waals surface area (Å²) in [6.45, 7) is 5.56. The molecule has 110 valence electrons. The summed E-state index contributed by atoms with van der Waals surface area (Å²) in [5, 5.41) is 12.6. The molecule has 0 unspecified atom stereocenters. The maximum Gasteiger partial charge on any atom is 0.323 e. The van der Waals surface area contributed by atoms with Gasteiger partial charge in [0.1, 0.15) is 6.54 Å². The van der Waals surface area contributed by atoms with Crippen molar-refractivity contribution in [3.63, 3.8) is 0 Å². The third kappa shape index (κ3) is 4.21. The quantitative estimate of drug-likeness (QED) is 0.844. The molecular formula is C14H19ClN2O3. The van der Waals surface area contributed by atoms with E-state index in [1.54, 1.807) is 38.1 Å². The summed E-state index contributed by atoms with van der Waals surface area (Å²) in [4.78, 5) is 24.8. The van der Waals surface area contributed by atoms with Crippen LogP contribution in [-0.2, 0) is 9.59 Å². The minimum atomic E-state index is -1.07. The highest BCUT2D eigenvalue weighted by Crippen LogP contribution is 2.21. The van der Waals surface area contributed by atoms with Gasteiger partial charge in [-0.05, 0) is 44.7 Å². The first kappa shape index (κ1) is 16.5. The molecule has 1 amide bonds. The Morgan fingerprint density at radius 1 is 1.30 bits per heavy atom. The van der Waals surface area contributed by atoms with Crippen LogP contribution in [0.5, 0.6) is 0 Å². The van der Waals surface area contributed by atoms with E-state index in [1.165, 1.54) is 4.90 Å². The van der Waals surface area contributed by atoms with E-state index in [0.717, 1.165) is 0 Å². The molecule has 0 aliphatic rings. The molecule has 20 heavy (non-hydrogen) atoms. The second-order valence-electron chi connectivity index (χ2n) is 4.92. The first-order valence-corrected chi connectivity index (χ1v) is 6.70. The molecule has 0 saturated heterocycles. The monoisotopic (exact) mass is 298 g/mol. The average molecular weight is 299 g/mol. The molecule has 6 heteroatoms. The highest BCUT2D eigenvalue weighted by atomic mass is 35.5. The summed E-state index contributed by atoms with van der Waals surface area (Å²) in [7, 11) is 0. The van der Waals surface area contributed by atoms with E-state index in [0.29, 0.717) is 17.3 Å². The summed E-state index contributed by atoms with van der Waals surface area (Å²) < 4.78 is 0. The lowest BCUT2D eigenvalue weighted by Gasteiger charge is -2.31. The molecule has 1 rings (SSSR count). The molecule has 0 saturated carbocycles. The predicted molar refractivity (Wildman–Crippen MR) is 79.2 cm³/mol. The molecular weight excluding hydrogens is 280 g/mol. The number of carboxylic acid groups (broad SMARTS) is 1. The van der Waals surface area contributed by atoms with Crippen molar-refractivity contribution in [3.05, 3.63) is 29.3 Å². The van der Waals surface area contributed by atoms with E-state index in [1.807, 2.05) is 6.92 Å². The number of nitrogens with zero attached hydrogens (tertiary/aromatic N) is 1. The predicted octanol–water partition coefficient (Wildman–Crippen LogP) is 2.15. The lowest BCUT2D eigenvalue weighted by atomic mass is 10.0. The Labute approximate surface area is 123 Å². The van der Waals surface area contributed by atoms with Crippen molar-refractivity contribution >= 4 is 29.2 Å². The lowest BCUT2D eigenvalue weighted by Crippen LogP contribution is -2.55. The molecule has 0 aliphatic heterocycles. The Balaban J connectivity index is 3.09. The topological polar surface area (TPSA) is 69.6 Å². The molecule has 0 spiro atoms. The number of hydrogen-bond donors (Lipinski definition) is 2. The van der Waals surface area contributed by atoms with Crippen molar-refractivity contribution in [3.8, 4) is 0 Å². The van der Waals surface area contributed by atoms with Crippen LogP contribution in [0.15, 0.2) is 24.3 Å². The van der Waals surface area contributed by atoms with Crippen LogP contribution in [0.3, 0.4) is 0 Å². The fourth-order valence-corrected chi connectivity index (χ4v) is 2.02. The summed E-state index contributed by atoms with van der Waals surface area (Å²) in [5.74, 6) is -1.37. The van der Waals surface area contributed by atoms with Crippen LogP contribution >= 0.6 is 11.6 Å². The minimum absolute atomic E-state index is 0.302.